The average Bonchev–Trinajstić information content (AvgIpc) is 3.92. The Bertz CT molecular complexity index is 1990. The van der Waals surface area contributed by atoms with Crippen LogP contribution in [0.2, 0.25) is 0 Å². The maximum absolute atomic E-state index is 12.5. The van der Waals surface area contributed by atoms with Crippen LogP contribution in [-0.4, -0.2) is 144 Å². The van der Waals surface area contributed by atoms with Gasteiger partial charge in [0.05, 0.1) is 24.5 Å². The van der Waals surface area contributed by atoms with Crippen molar-refractivity contribution < 1.29 is 62.8 Å². The van der Waals surface area contributed by atoms with Crippen molar-refractivity contribution in [2.24, 2.45) is 11.7 Å². The van der Waals surface area contributed by atoms with Gasteiger partial charge in [-0.25, -0.2) is 13.2 Å². The third-order valence-corrected chi connectivity index (χ3v) is 15.8. The summed E-state index contributed by atoms with van der Waals surface area (Å²) in [5.74, 6) is -2.77. The van der Waals surface area contributed by atoms with Gasteiger partial charge < -0.3 is 42.4 Å². The highest BCUT2D eigenvalue weighted by Gasteiger charge is 2.27. The monoisotopic (exact) mass is 1170 g/mol. The molecule has 0 unspecified atom stereocenters. The number of nitrogens with zero attached hydrogens (tertiary/aromatic N) is 3. The second kappa shape index (κ2) is 48.9. The van der Waals surface area contributed by atoms with Gasteiger partial charge in [0.15, 0.2) is 21.4 Å². The van der Waals surface area contributed by atoms with Gasteiger partial charge in [0.2, 0.25) is 17.7 Å². The average molecular weight is 1170 g/mol. The zero-order valence-electron chi connectivity index (χ0n) is 49.9. The molecule has 1 aromatic heterocycles. The van der Waals surface area contributed by atoms with E-state index in [2.05, 4.69) is 36.6 Å². The number of ether oxygens (including phenoxy) is 2. The van der Waals surface area contributed by atoms with Crippen LogP contribution in [0, 0.1) is 5.92 Å². The number of carboxylic acid groups (broad SMARTS) is 1. The van der Waals surface area contributed by atoms with Crippen molar-refractivity contribution in [1.82, 2.24) is 42.7 Å². The number of nitrogens with two attached hydrogens (primary N) is 1. The van der Waals surface area contributed by atoms with Crippen LogP contribution >= 0.6 is 0 Å². The standard InChI is InChI=1S/C58H104N8O13S.H3N.H2/c1-47(67)48(44-52(70)58(2,3)59)30-25-27-39-61-56(73)45-79-42-41-78-40-28-32-49(68)36-37-51(57(74)75)62-55(72)34-24-20-16-12-9-13-17-21-26-38-60-54(71)35-29-43-80(76,77)46-50(69)31-22-18-14-10-7-5-4-6-8-11-15-19-23-33-53-63-65-66-64-53;;/h48,51H,4-46,59H2,1-3H3,(H,60,71)(H,61,73)(H,62,72)(H,74,75)(H,63,64,65,66);1H3;1H/t48-,51-;;/m1../s1. The fraction of sp³-hybridized carbons (Fsp3) is 0.845. The smallest absolute Gasteiger partial charge is 0.326 e. The van der Waals surface area contributed by atoms with E-state index in [9.17, 15) is 51.9 Å². The van der Waals surface area contributed by atoms with E-state index >= 15 is 0 Å². The molecule has 2 atom stereocenters. The number of carbonyl (C=O) groups excluding carboxylic acids is 7. The van der Waals surface area contributed by atoms with Gasteiger partial charge in [-0.2, -0.15) is 5.21 Å². The SMILES string of the molecule is CC(=O)[C@H](CCCCNC(=O)COCCOCCCC(=O)CC[C@@H](NC(=O)CCCCCCCCCCCNC(=O)CCCS(=O)(=O)CC(=O)CCCCCCCCCCCCCCCc1nn[nH]n1)C(=O)O)CC(=O)C(C)(C)N.N.[HH]. The van der Waals surface area contributed by atoms with E-state index < -0.39 is 33.1 Å². The Morgan fingerprint density at radius 3 is 1.67 bits per heavy atom. The normalized spacial score (nSPS) is 12.3. The van der Waals surface area contributed by atoms with Crippen LogP contribution in [0.15, 0.2) is 0 Å². The molecule has 0 bridgehead atoms. The number of hydrogen-bond acceptors (Lipinski definition) is 17. The minimum Gasteiger partial charge on any atom is -0.480 e. The lowest BCUT2D eigenvalue weighted by atomic mass is 9.87. The summed E-state index contributed by atoms with van der Waals surface area (Å²) in [6, 6.07) is -1.14. The fourth-order valence-corrected chi connectivity index (χ4v) is 10.4. The number of Topliss-reactive ketones (excluding diaryl/α,β-unsaturated/α-hetero) is 4. The van der Waals surface area contributed by atoms with Crippen LogP contribution < -0.4 is 27.8 Å². The second-order valence-corrected chi connectivity index (χ2v) is 24.4. The summed E-state index contributed by atoms with van der Waals surface area (Å²) >= 11 is 0. The summed E-state index contributed by atoms with van der Waals surface area (Å²) in [6.45, 7) is 6.24. The lowest BCUT2D eigenvalue weighted by Gasteiger charge is -2.20. The van der Waals surface area contributed by atoms with Gasteiger partial charge in [0, 0.05) is 72.0 Å². The molecule has 0 aromatic carbocycles. The molecule has 0 radical (unpaired) electrons. The molecule has 1 heterocycles. The van der Waals surface area contributed by atoms with E-state index in [0.717, 1.165) is 89.3 Å². The number of H-pyrrole nitrogens is 1. The Hall–Kier alpha value is -4.58. The molecule has 470 valence electrons. The Morgan fingerprint density at radius 2 is 1.11 bits per heavy atom. The van der Waals surface area contributed by atoms with Crippen LogP contribution in [0.5, 0.6) is 0 Å². The zero-order chi connectivity index (χ0) is 59.1. The lowest BCUT2D eigenvalue weighted by Crippen LogP contribution is -2.42. The lowest BCUT2D eigenvalue weighted by molar-refractivity contribution is -0.142. The number of rotatable bonds is 57. The Morgan fingerprint density at radius 1 is 0.605 bits per heavy atom. The van der Waals surface area contributed by atoms with Crippen molar-refractivity contribution in [3.8, 4) is 0 Å². The van der Waals surface area contributed by atoms with Gasteiger partial charge in [-0.15, -0.1) is 10.2 Å². The molecule has 0 aliphatic carbocycles. The molecule has 0 spiro atoms. The highest BCUT2D eigenvalue weighted by atomic mass is 32.2. The van der Waals surface area contributed by atoms with Gasteiger partial charge in [0.1, 0.15) is 35.8 Å². The number of tetrazole rings is 1. The minimum atomic E-state index is -3.53. The Balaban J connectivity index is 0. The highest BCUT2D eigenvalue weighted by Crippen LogP contribution is 2.19. The predicted octanol–water partition coefficient (Wildman–Crippen LogP) is 8.31. The molecule has 3 amide bonds. The number of aromatic amines is 1. The molecule has 0 fully saturated rings. The predicted molar refractivity (Wildman–Crippen MR) is 315 cm³/mol. The first-order chi connectivity index (χ1) is 38.3. The van der Waals surface area contributed by atoms with Crippen molar-refractivity contribution in [1.29, 1.82) is 0 Å². The fourth-order valence-electron chi connectivity index (χ4n) is 9.09. The number of unbranched alkanes of at least 4 members (excludes halogenated alkanes) is 21. The Kier molecular flexibility index (Phi) is 46.1. The van der Waals surface area contributed by atoms with Gasteiger partial charge in [0.25, 0.3) is 0 Å². The van der Waals surface area contributed by atoms with Gasteiger partial charge in [-0.1, -0.05) is 127 Å². The van der Waals surface area contributed by atoms with Crippen LogP contribution in [0.1, 0.15) is 246 Å². The first-order valence-corrected chi connectivity index (χ1v) is 32.1. The van der Waals surface area contributed by atoms with Crippen molar-refractivity contribution >= 4 is 56.7 Å². The van der Waals surface area contributed by atoms with E-state index in [1.165, 1.54) is 58.3 Å². The molecule has 23 heteroatoms. The molecule has 22 nitrogen and oxygen atoms in total. The first-order valence-electron chi connectivity index (χ1n) is 30.3. The van der Waals surface area contributed by atoms with Crippen molar-refractivity contribution in [3.63, 3.8) is 0 Å². The maximum atomic E-state index is 12.5. The molecule has 10 N–H and O–H groups in total. The summed E-state index contributed by atoms with van der Waals surface area (Å²) in [6.07, 6.45) is 27.6. The van der Waals surface area contributed by atoms with E-state index in [4.69, 9.17) is 15.2 Å². The van der Waals surface area contributed by atoms with E-state index in [1.54, 1.807) is 13.8 Å². The molecule has 1 rings (SSSR count). The number of sulfone groups is 1. The molecular weight excluding hydrogens is 1060 g/mol. The maximum Gasteiger partial charge on any atom is 0.326 e. The summed E-state index contributed by atoms with van der Waals surface area (Å²) in [4.78, 5) is 97.4. The van der Waals surface area contributed by atoms with Crippen LogP contribution in [0.4, 0.5) is 0 Å². The van der Waals surface area contributed by atoms with Gasteiger partial charge in [-0.05, 0) is 78.6 Å². The van der Waals surface area contributed by atoms with Crippen molar-refractivity contribution in [2.45, 2.75) is 257 Å². The van der Waals surface area contributed by atoms with Crippen molar-refractivity contribution in [2.75, 3.05) is 51.0 Å². The molecular formula is C58H109N9O13S. The Labute approximate surface area is 486 Å². The van der Waals surface area contributed by atoms with E-state index in [-0.39, 0.29) is 131 Å². The summed E-state index contributed by atoms with van der Waals surface area (Å²) in [7, 11) is -3.53. The summed E-state index contributed by atoms with van der Waals surface area (Å²) < 4.78 is 35.8. The van der Waals surface area contributed by atoms with E-state index in [0.29, 0.717) is 58.2 Å². The van der Waals surface area contributed by atoms with Gasteiger partial charge in [-0.3, -0.25) is 33.6 Å². The number of aryl methyl sites for hydroxylation is 1. The number of ketones is 4. The second-order valence-electron chi connectivity index (χ2n) is 22.2. The zero-order valence-corrected chi connectivity index (χ0v) is 50.8. The third kappa shape index (κ3) is 46.6. The number of carbonyl (C=O) groups is 8. The number of aromatic nitrogens is 4. The highest BCUT2D eigenvalue weighted by molar-refractivity contribution is 7.92. The van der Waals surface area contributed by atoms with Crippen molar-refractivity contribution in [3.05, 3.63) is 5.82 Å². The third-order valence-electron chi connectivity index (χ3n) is 14.1. The molecule has 0 aliphatic rings. The largest absolute Gasteiger partial charge is 0.480 e. The minimum absolute atomic E-state index is 0. The number of hydrogen-bond donors (Lipinski definition) is 7. The first kappa shape index (κ1) is 76.4. The quantitative estimate of drug-likeness (QED) is 0.0301. The number of amides is 3. The molecule has 81 heavy (non-hydrogen) atoms. The van der Waals surface area contributed by atoms with Crippen LogP contribution in [0.25, 0.3) is 0 Å². The molecule has 0 saturated heterocycles. The molecule has 1 aromatic rings. The number of nitrogens with one attached hydrogen (secondary N) is 4. The summed E-state index contributed by atoms with van der Waals surface area (Å²) in [5.41, 5.74) is 4.87. The molecule has 0 aliphatic heterocycles. The van der Waals surface area contributed by atoms with Crippen LogP contribution in [0.3, 0.4) is 0 Å². The summed E-state index contributed by atoms with van der Waals surface area (Å²) in [5, 5.41) is 31.8. The topological polar surface area (TPSA) is 361 Å². The molecule has 0 saturated carbocycles. The number of carboxylic acids is 1. The van der Waals surface area contributed by atoms with Gasteiger partial charge >= 0.3 is 5.97 Å². The number of aliphatic carboxylic acids is 1. The van der Waals surface area contributed by atoms with E-state index in [1.807, 2.05) is 0 Å². The van der Waals surface area contributed by atoms with Crippen LogP contribution in [-0.2, 0) is 64.1 Å².